The number of halogens is 2. The molecule has 1 N–H and O–H groups in total. The molecule has 0 radical (unpaired) electrons. The van der Waals surface area contributed by atoms with Gasteiger partial charge in [0.1, 0.15) is 5.82 Å². The summed E-state index contributed by atoms with van der Waals surface area (Å²) in [6.45, 7) is 3.44. The molecule has 0 aliphatic heterocycles. The van der Waals surface area contributed by atoms with Gasteiger partial charge in [-0.2, -0.15) is 0 Å². The number of aryl methyl sites for hydroxylation is 1. The van der Waals surface area contributed by atoms with Gasteiger partial charge in [-0.25, -0.2) is 4.39 Å². The molecule has 0 aliphatic carbocycles. The zero-order valence-corrected chi connectivity index (χ0v) is 10.1. The second kappa shape index (κ2) is 4.75. The van der Waals surface area contributed by atoms with Crippen molar-refractivity contribution in [3.63, 3.8) is 0 Å². The summed E-state index contributed by atoms with van der Waals surface area (Å²) in [5.74, 6) is -1.40. The number of hydrogen-bond donors (Lipinski definition) is 1. The van der Waals surface area contributed by atoms with E-state index in [0.717, 1.165) is 0 Å². The van der Waals surface area contributed by atoms with Crippen LogP contribution in [0, 0.1) is 12.7 Å². The average Bonchev–Trinajstić information content (AvgIpc) is 2.13. The fraction of sp³-hybridized carbons (Fsp3) is 0.364. The van der Waals surface area contributed by atoms with E-state index < -0.39 is 5.97 Å². The number of carboxylic acid groups (broad SMARTS) is 1. The summed E-state index contributed by atoms with van der Waals surface area (Å²) in [7, 11) is 0. The molecule has 1 unspecified atom stereocenters. The smallest absolute Gasteiger partial charge is 0.303 e. The number of benzene rings is 1. The van der Waals surface area contributed by atoms with Crippen LogP contribution in [-0.4, -0.2) is 11.1 Å². The molecule has 0 bridgehead atoms. The quantitative estimate of drug-likeness (QED) is 0.917. The lowest BCUT2D eigenvalue weighted by Crippen LogP contribution is -2.04. The zero-order chi connectivity index (χ0) is 11.6. The molecule has 4 heteroatoms. The van der Waals surface area contributed by atoms with Gasteiger partial charge >= 0.3 is 5.97 Å². The molecule has 1 aromatic rings. The molecule has 15 heavy (non-hydrogen) atoms. The summed E-state index contributed by atoms with van der Waals surface area (Å²) in [5.41, 5.74) is 1.24. The Labute approximate surface area is 96.2 Å². The molecule has 2 nitrogen and oxygen atoms in total. The van der Waals surface area contributed by atoms with E-state index in [0.29, 0.717) is 15.6 Å². The van der Waals surface area contributed by atoms with Crippen molar-refractivity contribution in [1.29, 1.82) is 0 Å². The van der Waals surface area contributed by atoms with Crippen LogP contribution in [0.1, 0.15) is 30.4 Å². The molecule has 0 fully saturated rings. The van der Waals surface area contributed by atoms with Gasteiger partial charge in [0.05, 0.1) is 10.9 Å². The largest absolute Gasteiger partial charge is 0.481 e. The minimum absolute atomic E-state index is 0.00109. The molecule has 1 atom stereocenters. The topological polar surface area (TPSA) is 37.3 Å². The van der Waals surface area contributed by atoms with Gasteiger partial charge in [0.25, 0.3) is 0 Å². The Morgan fingerprint density at radius 2 is 2.20 bits per heavy atom. The van der Waals surface area contributed by atoms with Crippen LogP contribution in [-0.2, 0) is 4.79 Å². The third kappa shape index (κ3) is 2.78. The van der Waals surface area contributed by atoms with Gasteiger partial charge in [0.2, 0.25) is 0 Å². The first-order valence-corrected chi connectivity index (χ1v) is 5.39. The maximum Gasteiger partial charge on any atom is 0.303 e. The fourth-order valence-electron chi connectivity index (χ4n) is 1.41. The van der Waals surface area contributed by atoms with E-state index in [4.69, 9.17) is 5.11 Å². The minimum Gasteiger partial charge on any atom is -0.481 e. The zero-order valence-electron chi connectivity index (χ0n) is 8.55. The van der Waals surface area contributed by atoms with Crippen LogP contribution in [0.25, 0.3) is 0 Å². The highest BCUT2D eigenvalue weighted by atomic mass is 79.9. The summed E-state index contributed by atoms with van der Waals surface area (Å²) in [6.07, 6.45) is 0.00109. The molecular weight excluding hydrogens is 263 g/mol. The lowest BCUT2D eigenvalue weighted by atomic mass is 9.97. The van der Waals surface area contributed by atoms with Crippen molar-refractivity contribution in [2.24, 2.45) is 0 Å². The number of carbonyl (C=O) groups is 1. The molecule has 1 aromatic carbocycles. The lowest BCUT2D eigenvalue weighted by Gasteiger charge is -2.12. The summed E-state index contributed by atoms with van der Waals surface area (Å²) in [5, 5.41) is 8.65. The van der Waals surface area contributed by atoms with Gasteiger partial charge < -0.3 is 5.11 Å². The van der Waals surface area contributed by atoms with Gasteiger partial charge in [0.15, 0.2) is 0 Å². The van der Waals surface area contributed by atoms with E-state index in [2.05, 4.69) is 15.9 Å². The van der Waals surface area contributed by atoms with Gasteiger partial charge in [-0.05, 0) is 39.9 Å². The summed E-state index contributed by atoms with van der Waals surface area (Å²) >= 11 is 3.15. The fourth-order valence-corrected chi connectivity index (χ4v) is 2.25. The van der Waals surface area contributed by atoms with Crippen LogP contribution in [0.4, 0.5) is 4.39 Å². The Morgan fingerprint density at radius 3 is 2.73 bits per heavy atom. The first-order valence-electron chi connectivity index (χ1n) is 4.59. The first-order chi connectivity index (χ1) is 6.93. The Bertz CT molecular complexity index is 390. The molecule has 0 saturated heterocycles. The van der Waals surface area contributed by atoms with Crippen molar-refractivity contribution >= 4 is 21.9 Å². The number of hydrogen-bond acceptors (Lipinski definition) is 1. The molecule has 0 spiro atoms. The van der Waals surface area contributed by atoms with Crippen molar-refractivity contribution in [1.82, 2.24) is 0 Å². The second-order valence-corrected chi connectivity index (χ2v) is 4.39. The van der Waals surface area contributed by atoms with Crippen molar-refractivity contribution in [2.75, 3.05) is 0 Å². The van der Waals surface area contributed by atoms with Crippen molar-refractivity contribution in [2.45, 2.75) is 26.2 Å². The number of carboxylic acids is 1. The van der Waals surface area contributed by atoms with Crippen LogP contribution >= 0.6 is 15.9 Å². The monoisotopic (exact) mass is 274 g/mol. The van der Waals surface area contributed by atoms with Crippen molar-refractivity contribution in [3.8, 4) is 0 Å². The lowest BCUT2D eigenvalue weighted by molar-refractivity contribution is -0.137. The maximum atomic E-state index is 13.5. The SMILES string of the molecule is Cc1ccc(C(C)CC(=O)O)c(Br)c1F. The van der Waals surface area contributed by atoms with Crippen LogP contribution in [0.2, 0.25) is 0 Å². The molecule has 0 saturated carbocycles. The highest BCUT2D eigenvalue weighted by Crippen LogP contribution is 2.30. The maximum absolute atomic E-state index is 13.5. The van der Waals surface area contributed by atoms with Crippen molar-refractivity contribution < 1.29 is 14.3 Å². The van der Waals surface area contributed by atoms with E-state index >= 15 is 0 Å². The van der Waals surface area contributed by atoms with E-state index in [9.17, 15) is 9.18 Å². The average molecular weight is 275 g/mol. The summed E-state index contributed by atoms with van der Waals surface area (Å²) in [4.78, 5) is 10.5. The van der Waals surface area contributed by atoms with Crippen LogP contribution in [0.5, 0.6) is 0 Å². The van der Waals surface area contributed by atoms with Crippen LogP contribution in [0.3, 0.4) is 0 Å². The molecule has 0 aromatic heterocycles. The van der Waals surface area contributed by atoms with E-state index in [1.54, 1.807) is 26.0 Å². The standard InChI is InChI=1S/C11H12BrFO2/c1-6-3-4-8(10(12)11(6)13)7(2)5-9(14)15/h3-4,7H,5H2,1-2H3,(H,14,15). The predicted molar refractivity (Wildman–Crippen MR) is 59.5 cm³/mol. The van der Waals surface area contributed by atoms with Crippen LogP contribution < -0.4 is 0 Å². The summed E-state index contributed by atoms with van der Waals surface area (Å²) in [6, 6.07) is 3.42. The van der Waals surface area contributed by atoms with E-state index in [1.165, 1.54) is 0 Å². The Morgan fingerprint density at radius 1 is 1.60 bits per heavy atom. The predicted octanol–water partition coefficient (Wildman–Crippen LogP) is 3.47. The highest BCUT2D eigenvalue weighted by Gasteiger charge is 2.16. The van der Waals surface area contributed by atoms with Crippen LogP contribution in [0.15, 0.2) is 16.6 Å². The van der Waals surface area contributed by atoms with Crippen molar-refractivity contribution in [3.05, 3.63) is 33.5 Å². The molecular formula is C11H12BrFO2. The summed E-state index contributed by atoms with van der Waals surface area (Å²) < 4.78 is 13.9. The molecule has 0 heterocycles. The van der Waals surface area contributed by atoms with Gasteiger partial charge in [-0.3, -0.25) is 4.79 Å². The molecule has 0 amide bonds. The Hall–Kier alpha value is -0.900. The van der Waals surface area contributed by atoms with Gasteiger partial charge in [-0.15, -0.1) is 0 Å². The van der Waals surface area contributed by atoms with Gasteiger partial charge in [0, 0.05) is 0 Å². The molecule has 1 rings (SSSR count). The molecule has 82 valence electrons. The number of rotatable bonds is 3. The van der Waals surface area contributed by atoms with E-state index in [-0.39, 0.29) is 18.2 Å². The first kappa shape index (κ1) is 12.2. The Balaban J connectivity index is 3.05. The highest BCUT2D eigenvalue weighted by molar-refractivity contribution is 9.10. The normalized spacial score (nSPS) is 12.5. The van der Waals surface area contributed by atoms with Gasteiger partial charge in [-0.1, -0.05) is 19.1 Å². The van der Waals surface area contributed by atoms with E-state index in [1.807, 2.05) is 0 Å². The second-order valence-electron chi connectivity index (χ2n) is 3.60. The number of aliphatic carboxylic acids is 1. The third-order valence-electron chi connectivity index (χ3n) is 2.32. The Kier molecular flexibility index (Phi) is 3.85. The third-order valence-corrected chi connectivity index (χ3v) is 3.12. The molecule has 0 aliphatic rings. The minimum atomic E-state index is -0.879.